The number of amides is 1. The molecule has 0 atom stereocenters. The molecule has 1 aromatic heterocycles. The topological polar surface area (TPSA) is 153 Å². The number of carbonyl (C=O) groups is 1. The minimum absolute atomic E-state index is 0.00860. The number of likely N-dealkylation sites (tertiary alicyclic amines) is 1. The third kappa shape index (κ3) is 6.44. The molecule has 216 valence electrons. The predicted octanol–water partition coefficient (Wildman–Crippen LogP) is 2.52. The average molecular weight is 575 g/mol. The van der Waals surface area contributed by atoms with Gasteiger partial charge < -0.3 is 23.6 Å². The van der Waals surface area contributed by atoms with Gasteiger partial charge in [-0.2, -0.15) is 4.98 Å². The summed E-state index contributed by atoms with van der Waals surface area (Å²) in [6, 6.07) is 13.3. The van der Waals surface area contributed by atoms with Crippen LogP contribution in [0.1, 0.15) is 25.2 Å². The maximum Gasteiger partial charge on any atom is 0.265 e. The van der Waals surface area contributed by atoms with E-state index in [4.69, 9.17) is 18.7 Å². The Kier molecular flexibility index (Phi) is 9.74. The molecule has 2 aromatic carbocycles. The van der Waals surface area contributed by atoms with Gasteiger partial charge in [0.25, 0.3) is 5.91 Å². The Balaban J connectivity index is 1.32. The van der Waals surface area contributed by atoms with Crippen molar-refractivity contribution >= 4 is 15.7 Å². The summed E-state index contributed by atoms with van der Waals surface area (Å²) in [6.45, 7) is 2.26. The van der Waals surface area contributed by atoms with Gasteiger partial charge in [-0.15, -0.1) is 0 Å². The molecule has 0 unspecified atom stereocenters. The van der Waals surface area contributed by atoms with Gasteiger partial charge >= 0.3 is 0 Å². The van der Waals surface area contributed by atoms with Gasteiger partial charge in [0, 0.05) is 38.7 Å². The van der Waals surface area contributed by atoms with Crippen LogP contribution in [-0.2, 0) is 25.8 Å². The number of aromatic nitrogens is 2. The highest BCUT2D eigenvalue weighted by atomic mass is 32.2. The Bertz CT molecular complexity index is 1350. The van der Waals surface area contributed by atoms with Gasteiger partial charge in [-0.3, -0.25) is 10.0 Å². The van der Waals surface area contributed by atoms with E-state index in [1.54, 1.807) is 31.8 Å². The van der Waals surface area contributed by atoms with Crippen molar-refractivity contribution < 1.29 is 37.2 Å². The summed E-state index contributed by atoms with van der Waals surface area (Å²) in [6.07, 6.45) is 1.22. The van der Waals surface area contributed by atoms with E-state index >= 15 is 0 Å². The quantitative estimate of drug-likeness (QED) is 0.176. The number of sulfone groups is 1. The van der Waals surface area contributed by atoms with E-state index in [2.05, 4.69) is 10.1 Å². The molecule has 1 aliphatic heterocycles. The molecule has 0 aliphatic carbocycles. The van der Waals surface area contributed by atoms with E-state index in [0.29, 0.717) is 63.2 Å². The average Bonchev–Trinajstić information content (AvgIpc) is 3.47. The number of nitrogens with one attached hydrogen (secondary N) is 1. The molecule has 13 heteroatoms. The predicted molar refractivity (Wildman–Crippen MR) is 144 cm³/mol. The Labute approximate surface area is 233 Å². The fourth-order valence-corrected chi connectivity index (χ4v) is 6.60. The summed E-state index contributed by atoms with van der Waals surface area (Å²) in [5.41, 5.74) is 2.39. The maximum atomic E-state index is 13.6. The second-order valence-electron chi connectivity index (χ2n) is 9.44. The minimum Gasteiger partial charge on any atom is -0.497 e. The van der Waals surface area contributed by atoms with Crippen molar-refractivity contribution in [3.05, 3.63) is 54.4 Å². The fourth-order valence-electron chi connectivity index (χ4n) is 4.65. The zero-order chi connectivity index (χ0) is 28.6. The highest BCUT2D eigenvalue weighted by Crippen LogP contribution is 2.36. The van der Waals surface area contributed by atoms with Crippen molar-refractivity contribution in [2.24, 2.45) is 0 Å². The Morgan fingerprint density at radius 3 is 2.35 bits per heavy atom. The van der Waals surface area contributed by atoms with Gasteiger partial charge in [0.1, 0.15) is 11.5 Å². The second-order valence-corrected chi connectivity index (χ2v) is 11.7. The van der Waals surface area contributed by atoms with Crippen LogP contribution in [0.4, 0.5) is 0 Å². The third-order valence-corrected chi connectivity index (χ3v) is 9.57. The first-order chi connectivity index (χ1) is 19.3. The Hall–Kier alpha value is -3.52. The monoisotopic (exact) mass is 574 g/mol. The lowest BCUT2D eigenvalue weighted by Gasteiger charge is -2.39. The number of carbonyl (C=O) groups excluding carboxylic acids is 1. The summed E-state index contributed by atoms with van der Waals surface area (Å²) in [7, 11) is -0.905. The molecule has 0 radical (unpaired) electrons. The van der Waals surface area contributed by atoms with Crippen LogP contribution in [0.5, 0.6) is 11.5 Å². The molecule has 40 heavy (non-hydrogen) atoms. The molecule has 1 saturated heterocycles. The molecular formula is C27H34N4O8S. The van der Waals surface area contributed by atoms with E-state index in [0.717, 1.165) is 11.3 Å². The van der Waals surface area contributed by atoms with Crippen LogP contribution < -0.4 is 15.0 Å². The van der Waals surface area contributed by atoms with Gasteiger partial charge in [-0.25, -0.2) is 13.9 Å². The smallest absolute Gasteiger partial charge is 0.265 e. The van der Waals surface area contributed by atoms with Crippen LogP contribution >= 0.6 is 0 Å². The largest absolute Gasteiger partial charge is 0.497 e. The Morgan fingerprint density at radius 2 is 1.73 bits per heavy atom. The number of ether oxygens (including phenoxy) is 3. The zero-order valence-corrected chi connectivity index (χ0v) is 23.4. The molecule has 12 nitrogen and oxygen atoms in total. The summed E-state index contributed by atoms with van der Waals surface area (Å²) >= 11 is 0. The molecular weight excluding hydrogens is 540 g/mol. The van der Waals surface area contributed by atoms with E-state index in [1.165, 1.54) is 12.1 Å². The summed E-state index contributed by atoms with van der Waals surface area (Å²) < 4.78 is 46.8. The van der Waals surface area contributed by atoms with Crippen molar-refractivity contribution in [3.63, 3.8) is 0 Å². The number of benzene rings is 2. The van der Waals surface area contributed by atoms with Gasteiger partial charge in [0.2, 0.25) is 11.7 Å². The standard InChI is InChI=1S/C27H34N4O8S/c1-36-19-17-31-15-13-27(14-16-31,26(32)29-33)40(34,35)23-11-9-22(10-12-23)38-18-3-4-24-28-25(30-39-24)20-5-7-21(37-2)8-6-20/h5-12,33H,3-4,13-19H2,1-2H3,(H,29,32). The van der Waals surface area contributed by atoms with Crippen LogP contribution in [0.25, 0.3) is 11.4 Å². The van der Waals surface area contributed by atoms with E-state index in [-0.39, 0.29) is 17.7 Å². The molecule has 3 aromatic rings. The first-order valence-corrected chi connectivity index (χ1v) is 14.4. The maximum absolute atomic E-state index is 13.6. The molecule has 0 saturated carbocycles. The molecule has 1 amide bonds. The summed E-state index contributed by atoms with van der Waals surface area (Å²) in [5.74, 6) is 1.28. The fraction of sp³-hybridized carbons (Fsp3) is 0.444. The number of methoxy groups -OCH3 is 2. The number of rotatable bonds is 13. The summed E-state index contributed by atoms with van der Waals surface area (Å²) in [5, 5.41) is 13.4. The van der Waals surface area contributed by atoms with Crippen LogP contribution in [0, 0.1) is 0 Å². The van der Waals surface area contributed by atoms with Crippen molar-refractivity contribution in [3.8, 4) is 22.9 Å². The molecule has 1 fully saturated rings. The first-order valence-electron chi connectivity index (χ1n) is 12.9. The van der Waals surface area contributed by atoms with E-state index in [1.807, 2.05) is 29.2 Å². The molecule has 2 heterocycles. The molecule has 1 aliphatic rings. The highest BCUT2D eigenvalue weighted by Gasteiger charge is 2.52. The molecule has 0 bridgehead atoms. The molecule has 2 N–H and O–H groups in total. The van der Waals surface area contributed by atoms with E-state index < -0.39 is 20.5 Å². The summed E-state index contributed by atoms with van der Waals surface area (Å²) in [4.78, 5) is 19.1. The first kappa shape index (κ1) is 29.5. The molecule has 4 rings (SSSR count). The number of hydrogen-bond acceptors (Lipinski definition) is 11. The highest BCUT2D eigenvalue weighted by molar-refractivity contribution is 7.93. The van der Waals surface area contributed by atoms with Gasteiger partial charge in [0.15, 0.2) is 14.6 Å². The number of hydrogen-bond donors (Lipinski definition) is 2. The van der Waals surface area contributed by atoms with Gasteiger partial charge in [0.05, 0.1) is 25.2 Å². The van der Waals surface area contributed by atoms with Crippen LogP contribution in [-0.4, -0.2) is 86.4 Å². The van der Waals surface area contributed by atoms with Crippen LogP contribution in [0.15, 0.2) is 57.9 Å². The SMILES string of the molecule is COCCN1CCC(C(=O)NO)(S(=O)(=O)c2ccc(OCCCc3nc(-c4ccc(OC)cc4)no3)cc2)CC1. The third-order valence-electron chi connectivity index (χ3n) is 7.06. The van der Waals surface area contributed by atoms with E-state index in [9.17, 15) is 18.4 Å². The minimum atomic E-state index is -4.10. The lowest BCUT2D eigenvalue weighted by Crippen LogP contribution is -2.57. The van der Waals surface area contributed by atoms with Gasteiger partial charge in [-0.05, 0) is 67.8 Å². The van der Waals surface area contributed by atoms with Crippen molar-refractivity contribution in [2.45, 2.75) is 35.3 Å². The van der Waals surface area contributed by atoms with Gasteiger partial charge in [-0.1, -0.05) is 5.16 Å². The number of hydroxylamine groups is 1. The molecule has 0 spiro atoms. The second kappa shape index (κ2) is 13.2. The number of nitrogens with zero attached hydrogens (tertiary/aromatic N) is 3. The zero-order valence-electron chi connectivity index (χ0n) is 22.5. The number of aryl methyl sites for hydroxylation is 1. The number of piperidine rings is 1. The van der Waals surface area contributed by atoms with Crippen LogP contribution in [0.3, 0.4) is 0 Å². The Morgan fingerprint density at radius 1 is 1.05 bits per heavy atom. The lowest BCUT2D eigenvalue weighted by molar-refractivity contribution is -0.133. The lowest BCUT2D eigenvalue weighted by atomic mass is 9.95. The van der Waals surface area contributed by atoms with Crippen molar-refractivity contribution in [2.75, 3.05) is 47.1 Å². The van der Waals surface area contributed by atoms with Crippen LogP contribution in [0.2, 0.25) is 0 Å². The van der Waals surface area contributed by atoms with Crippen molar-refractivity contribution in [1.29, 1.82) is 0 Å². The normalized spacial score (nSPS) is 15.5. The van der Waals surface area contributed by atoms with Crippen molar-refractivity contribution in [1.82, 2.24) is 20.5 Å².